The highest BCUT2D eigenvalue weighted by Gasteiger charge is 2.38. The minimum atomic E-state index is -1.28. The Bertz CT molecular complexity index is 555. The molecular weight excluding hydrogens is 283 g/mol. The van der Waals surface area contributed by atoms with Crippen molar-refractivity contribution >= 4 is 5.91 Å². The summed E-state index contributed by atoms with van der Waals surface area (Å²) in [5, 5.41) is 10.1. The molecule has 1 aliphatic rings. The van der Waals surface area contributed by atoms with Gasteiger partial charge in [-0.1, -0.05) is 0 Å². The summed E-state index contributed by atoms with van der Waals surface area (Å²) in [5.41, 5.74) is -1.24. The third-order valence-electron chi connectivity index (χ3n) is 3.82. The zero-order valence-electron chi connectivity index (χ0n) is 12.0. The smallest absolute Gasteiger partial charge is 0.227 e. The van der Waals surface area contributed by atoms with Crippen LogP contribution >= 0.6 is 0 Å². The SMILES string of the molecule is CC(C)(O)[C@H]1CCCN1C(=O)Cc1cc(F)c(F)cc1F. The van der Waals surface area contributed by atoms with Crippen LogP contribution in [0.2, 0.25) is 0 Å². The fourth-order valence-corrected chi connectivity index (χ4v) is 2.76. The molecule has 116 valence electrons. The molecule has 1 aromatic carbocycles. The van der Waals surface area contributed by atoms with Crippen molar-refractivity contribution in [3.8, 4) is 0 Å². The van der Waals surface area contributed by atoms with E-state index in [4.69, 9.17) is 0 Å². The van der Waals surface area contributed by atoms with Crippen molar-refractivity contribution < 1.29 is 23.1 Å². The highest BCUT2D eigenvalue weighted by Crippen LogP contribution is 2.27. The number of nitrogens with zero attached hydrogens (tertiary/aromatic N) is 1. The normalized spacial score (nSPS) is 19.1. The van der Waals surface area contributed by atoms with Crippen LogP contribution in [0.5, 0.6) is 0 Å². The van der Waals surface area contributed by atoms with Gasteiger partial charge in [-0.05, 0) is 32.8 Å². The zero-order chi connectivity index (χ0) is 15.8. The van der Waals surface area contributed by atoms with Crippen LogP contribution in [0.15, 0.2) is 12.1 Å². The van der Waals surface area contributed by atoms with Gasteiger partial charge in [0.2, 0.25) is 5.91 Å². The number of hydrogen-bond donors (Lipinski definition) is 1. The van der Waals surface area contributed by atoms with E-state index in [1.165, 1.54) is 4.90 Å². The molecule has 1 aromatic rings. The zero-order valence-corrected chi connectivity index (χ0v) is 12.0. The molecule has 1 heterocycles. The van der Waals surface area contributed by atoms with Crippen molar-refractivity contribution in [3.63, 3.8) is 0 Å². The molecule has 1 amide bonds. The molecule has 1 atom stereocenters. The molecule has 0 spiro atoms. The van der Waals surface area contributed by atoms with E-state index in [1.54, 1.807) is 13.8 Å². The van der Waals surface area contributed by atoms with Gasteiger partial charge in [-0.25, -0.2) is 13.2 Å². The fraction of sp³-hybridized carbons (Fsp3) is 0.533. The minimum absolute atomic E-state index is 0.180. The average Bonchev–Trinajstić information content (AvgIpc) is 2.85. The molecule has 1 aliphatic heterocycles. The average molecular weight is 301 g/mol. The number of halogens is 3. The van der Waals surface area contributed by atoms with Crippen molar-refractivity contribution in [1.29, 1.82) is 0 Å². The van der Waals surface area contributed by atoms with E-state index in [1.807, 2.05) is 0 Å². The van der Waals surface area contributed by atoms with Crippen LogP contribution in [0, 0.1) is 17.5 Å². The highest BCUT2D eigenvalue weighted by atomic mass is 19.2. The molecule has 6 heteroatoms. The molecule has 0 radical (unpaired) electrons. The first-order valence-electron chi connectivity index (χ1n) is 6.85. The number of aliphatic hydroxyl groups is 1. The molecule has 1 saturated heterocycles. The lowest BCUT2D eigenvalue weighted by Crippen LogP contribution is -2.48. The van der Waals surface area contributed by atoms with Crippen LogP contribution in [0.3, 0.4) is 0 Å². The molecule has 0 saturated carbocycles. The lowest BCUT2D eigenvalue weighted by molar-refractivity contribution is -0.135. The monoisotopic (exact) mass is 301 g/mol. The maximum absolute atomic E-state index is 13.6. The Kier molecular flexibility index (Phi) is 4.27. The minimum Gasteiger partial charge on any atom is -0.388 e. The van der Waals surface area contributed by atoms with Crippen molar-refractivity contribution in [2.75, 3.05) is 6.54 Å². The van der Waals surface area contributed by atoms with Crippen LogP contribution in [-0.2, 0) is 11.2 Å². The van der Waals surface area contributed by atoms with E-state index < -0.39 is 29.0 Å². The van der Waals surface area contributed by atoms with Crippen LogP contribution in [-0.4, -0.2) is 34.1 Å². The lowest BCUT2D eigenvalue weighted by Gasteiger charge is -2.34. The van der Waals surface area contributed by atoms with Gasteiger partial charge in [0.1, 0.15) is 5.82 Å². The highest BCUT2D eigenvalue weighted by molar-refractivity contribution is 5.79. The van der Waals surface area contributed by atoms with Gasteiger partial charge in [0, 0.05) is 18.2 Å². The van der Waals surface area contributed by atoms with Crippen molar-refractivity contribution in [2.45, 2.75) is 44.8 Å². The summed E-state index contributed by atoms with van der Waals surface area (Å²) < 4.78 is 39.6. The summed E-state index contributed by atoms with van der Waals surface area (Å²) in [4.78, 5) is 13.7. The molecule has 1 fully saturated rings. The van der Waals surface area contributed by atoms with E-state index >= 15 is 0 Å². The summed E-state index contributed by atoms with van der Waals surface area (Å²) in [6, 6.07) is 0.797. The Morgan fingerprint density at radius 3 is 2.52 bits per heavy atom. The van der Waals surface area contributed by atoms with E-state index in [0.29, 0.717) is 25.1 Å². The van der Waals surface area contributed by atoms with Gasteiger partial charge < -0.3 is 10.0 Å². The molecular formula is C15H18F3NO2. The quantitative estimate of drug-likeness (QED) is 0.871. The molecule has 0 unspecified atom stereocenters. The maximum atomic E-state index is 13.6. The second kappa shape index (κ2) is 5.67. The summed E-state index contributed by atoms with van der Waals surface area (Å²) in [5.74, 6) is -3.80. The van der Waals surface area contributed by atoms with Gasteiger partial charge in [0.05, 0.1) is 18.1 Å². The van der Waals surface area contributed by atoms with E-state index in [-0.39, 0.29) is 18.0 Å². The summed E-state index contributed by atoms with van der Waals surface area (Å²) in [6.07, 6.45) is 1.06. The largest absolute Gasteiger partial charge is 0.388 e. The third kappa shape index (κ3) is 3.37. The molecule has 21 heavy (non-hydrogen) atoms. The Balaban J connectivity index is 2.17. The summed E-state index contributed by atoms with van der Waals surface area (Å²) in [7, 11) is 0. The topological polar surface area (TPSA) is 40.5 Å². The Morgan fingerprint density at radius 2 is 1.90 bits per heavy atom. The second-order valence-corrected chi connectivity index (χ2v) is 5.93. The van der Waals surface area contributed by atoms with E-state index in [0.717, 1.165) is 6.42 Å². The molecule has 0 aliphatic carbocycles. The predicted octanol–water partition coefficient (Wildman–Crippen LogP) is 2.41. The summed E-state index contributed by atoms with van der Waals surface area (Å²) >= 11 is 0. The van der Waals surface area contributed by atoms with Crippen LogP contribution in [0.1, 0.15) is 32.3 Å². The number of carbonyl (C=O) groups excluding carboxylic acids is 1. The first-order valence-corrected chi connectivity index (χ1v) is 6.85. The van der Waals surface area contributed by atoms with Crippen LogP contribution in [0.25, 0.3) is 0 Å². The Morgan fingerprint density at radius 1 is 1.29 bits per heavy atom. The second-order valence-electron chi connectivity index (χ2n) is 5.93. The predicted molar refractivity (Wildman–Crippen MR) is 71.1 cm³/mol. The van der Waals surface area contributed by atoms with Gasteiger partial charge in [-0.3, -0.25) is 4.79 Å². The number of amides is 1. The number of benzene rings is 1. The maximum Gasteiger partial charge on any atom is 0.227 e. The first kappa shape index (κ1) is 15.8. The van der Waals surface area contributed by atoms with Gasteiger partial charge in [0.15, 0.2) is 11.6 Å². The van der Waals surface area contributed by atoms with Crippen LogP contribution in [0.4, 0.5) is 13.2 Å². The number of rotatable bonds is 3. The first-order chi connectivity index (χ1) is 9.70. The number of hydrogen-bond acceptors (Lipinski definition) is 2. The standard InChI is InChI=1S/C15H18F3NO2/c1-15(2,21)13-4-3-5-19(13)14(20)7-9-6-11(17)12(18)8-10(9)16/h6,8,13,21H,3-5,7H2,1-2H3/t13-/m1/s1. The van der Waals surface area contributed by atoms with Gasteiger partial charge in [-0.15, -0.1) is 0 Å². The Labute approximate surface area is 121 Å². The summed E-state index contributed by atoms with van der Waals surface area (Å²) in [6.45, 7) is 3.70. The van der Waals surface area contributed by atoms with Gasteiger partial charge in [-0.2, -0.15) is 0 Å². The molecule has 0 bridgehead atoms. The van der Waals surface area contributed by atoms with Crippen LogP contribution < -0.4 is 0 Å². The number of carbonyl (C=O) groups is 1. The molecule has 0 aromatic heterocycles. The fourth-order valence-electron chi connectivity index (χ4n) is 2.76. The van der Waals surface area contributed by atoms with Crippen molar-refractivity contribution in [1.82, 2.24) is 4.90 Å². The van der Waals surface area contributed by atoms with E-state index in [2.05, 4.69) is 0 Å². The third-order valence-corrected chi connectivity index (χ3v) is 3.82. The molecule has 3 nitrogen and oxygen atoms in total. The van der Waals surface area contributed by atoms with Crippen molar-refractivity contribution in [2.24, 2.45) is 0 Å². The van der Waals surface area contributed by atoms with Crippen molar-refractivity contribution in [3.05, 3.63) is 35.1 Å². The van der Waals surface area contributed by atoms with Gasteiger partial charge >= 0.3 is 0 Å². The van der Waals surface area contributed by atoms with Gasteiger partial charge in [0.25, 0.3) is 0 Å². The Hall–Kier alpha value is -1.56. The lowest BCUT2D eigenvalue weighted by atomic mass is 9.96. The molecule has 1 N–H and O–H groups in total. The van der Waals surface area contributed by atoms with E-state index in [9.17, 15) is 23.1 Å². The number of likely N-dealkylation sites (tertiary alicyclic amines) is 1. The molecule has 2 rings (SSSR count).